The summed E-state index contributed by atoms with van der Waals surface area (Å²) in [5, 5.41) is 2.76. The van der Waals surface area contributed by atoms with Gasteiger partial charge in [-0.25, -0.2) is 0 Å². The molecular formula is C4H7O2S+. The molecule has 0 bridgehead atoms. The first kappa shape index (κ1) is 4.90. The van der Waals surface area contributed by atoms with Gasteiger partial charge in [0, 0.05) is 10.8 Å². The highest BCUT2D eigenvalue weighted by molar-refractivity contribution is 8.29. The van der Waals surface area contributed by atoms with Crippen molar-refractivity contribution in [3.8, 4) is 0 Å². The van der Waals surface area contributed by atoms with E-state index >= 15 is 0 Å². The van der Waals surface area contributed by atoms with Crippen LogP contribution in [0.15, 0.2) is 23.0 Å². The molecule has 1 rings (SSSR count). The Balaban J connectivity index is 0.000000490. The molecule has 0 fully saturated rings. The summed E-state index contributed by atoms with van der Waals surface area (Å²) in [5.74, 6) is 0. The molecule has 0 aliphatic carbocycles. The van der Waals surface area contributed by atoms with Gasteiger partial charge in [0.05, 0.1) is 0 Å². The van der Waals surface area contributed by atoms with E-state index in [2.05, 4.69) is 0 Å². The van der Waals surface area contributed by atoms with Gasteiger partial charge in [-0.3, -0.25) is 9.11 Å². The lowest BCUT2D eigenvalue weighted by molar-refractivity contribution is 0.512. The highest BCUT2D eigenvalue weighted by Crippen LogP contribution is 2.44. The Morgan fingerprint density at radius 2 is 1.57 bits per heavy atom. The minimum Gasteiger partial charge on any atom is -0.291 e. The van der Waals surface area contributed by atoms with Gasteiger partial charge in [0.2, 0.25) is 0 Å². The average Bonchev–Trinajstić information content (AvgIpc) is 1.84. The van der Waals surface area contributed by atoms with E-state index in [4.69, 9.17) is 9.11 Å². The van der Waals surface area contributed by atoms with Crippen LogP contribution in [-0.2, 0) is 0 Å². The van der Waals surface area contributed by atoms with Gasteiger partial charge in [-0.1, -0.05) is 0 Å². The lowest BCUT2D eigenvalue weighted by Crippen LogP contribution is -1.80. The molecule has 1 aliphatic rings. The third-order valence-electron chi connectivity index (χ3n) is 0.669. The maximum absolute atomic E-state index is 8.66. The highest BCUT2D eigenvalue weighted by Gasteiger charge is 2.02. The third-order valence-corrected chi connectivity index (χ3v) is 1.78. The Morgan fingerprint density at radius 1 is 1.14 bits per heavy atom. The predicted molar refractivity (Wildman–Crippen MR) is 32.2 cm³/mol. The minimum atomic E-state index is -2.41. The van der Waals surface area contributed by atoms with Gasteiger partial charge in [-0.15, -0.1) is 0 Å². The lowest BCUT2D eigenvalue weighted by Gasteiger charge is -2.18. The van der Waals surface area contributed by atoms with Crippen LogP contribution in [0.25, 0.3) is 0 Å². The Hall–Kier alpha value is -0.250. The van der Waals surface area contributed by atoms with Crippen molar-refractivity contribution in [2.24, 2.45) is 0 Å². The number of hydrogen-bond donors (Lipinski definition) is 2. The van der Waals surface area contributed by atoms with E-state index < -0.39 is 10.6 Å². The van der Waals surface area contributed by atoms with Crippen LogP contribution in [0, 0.1) is 0 Å². The van der Waals surface area contributed by atoms with E-state index in [0.29, 0.717) is 0 Å². The SMILES string of the molecule is OS1(O)C=CC=C1.[H+]. The molecule has 2 N–H and O–H groups in total. The maximum atomic E-state index is 8.66. The molecule has 0 saturated heterocycles. The summed E-state index contributed by atoms with van der Waals surface area (Å²) in [7, 11) is -2.41. The molecule has 40 valence electrons. The molecule has 1 aliphatic heterocycles. The Labute approximate surface area is 45.0 Å². The Kier molecular flexibility index (Phi) is 0.955. The van der Waals surface area contributed by atoms with Crippen LogP contribution < -0.4 is 0 Å². The Bertz CT molecular complexity index is 116. The number of hydrogen-bond acceptors (Lipinski definition) is 2. The zero-order valence-corrected chi connectivity index (χ0v) is 4.43. The summed E-state index contributed by atoms with van der Waals surface area (Å²) in [4.78, 5) is 0. The molecule has 3 heteroatoms. The molecule has 0 saturated carbocycles. The molecule has 2 nitrogen and oxygen atoms in total. The van der Waals surface area contributed by atoms with Crippen molar-refractivity contribution >= 4 is 10.6 Å². The standard InChI is InChI=1S/C4H6O2S/c5-7(6)3-1-2-4-7/h1-6H/p+1. The molecule has 0 amide bonds. The monoisotopic (exact) mass is 119 g/mol. The van der Waals surface area contributed by atoms with Crippen LogP contribution in [0.1, 0.15) is 1.43 Å². The zero-order valence-electron chi connectivity index (χ0n) is 4.61. The van der Waals surface area contributed by atoms with Crippen LogP contribution in [0.4, 0.5) is 0 Å². The summed E-state index contributed by atoms with van der Waals surface area (Å²) in [6, 6.07) is 0. The molecule has 7 heavy (non-hydrogen) atoms. The van der Waals surface area contributed by atoms with Crippen molar-refractivity contribution in [3.05, 3.63) is 23.0 Å². The van der Waals surface area contributed by atoms with Crippen molar-refractivity contribution in [1.82, 2.24) is 0 Å². The summed E-state index contributed by atoms with van der Waals surface area (Å²) < 4.78 is 17.3. The van der Waals surface area contributed by atoms with Crippen LogP contribution in [0.2, 0.25) is 0 Å². The topological polar surface area (TPSA) is 40.5 Å². The van der Waals surface area contributed by atoms with Gasteiger partial charge in [-0.2, -0.15) is 10.6 Å². The molecular weight excluding hydrogens is 112 g/mol. The summed E-state index contributed by atoms with van der Waals surface area (Å²) >= 11 is 0. The van der Waals surface area contributed by atoms with E-state index in [1.54, 1.807) is 12.2 Å². The quantitative estimate of drug-likeness (QED) is 0.511. The van der Waals surface area contributed by atoms with Gasteiger partial charge in [0.25, 0.3) is 0 Å². The summed E-state index contributed by atoms with van der Waals surface area (Å²) in [6.07, 6.45) is 3.24. The van der Waals surface area contributed by atoms with Crippen molar-refractivity contribution in [2.45, 2.75) is 0 Å². The van der Waals surface area contributed by atoms with E-state index in [-0.39, 0.29) is 1.43 Å². The van der Waals surface area contributed by atoms with Crippen LogP contribution >= 0.6 is 10.6 Å². The largest absolute Gasteiger partial charge is 1.00 e. The predicted octanol–water partition coefficient (Wildman–Crippen LogP) is 1.89. The molecule has 0 spiro atoms. The molecule has 0 atom stereocenters. The Morgan fingerprint density at radius 3 is 1.71 bits per heavy atom. The molecule has 0 radical (unpaired) electrons. The molecule has 0 aromatic rings. The molecule has 1 heterocycles. The maximum Gasteiger partial charge on any atom is 1.00 e. The lowest BCUT2D eigenvalue weighted by atomic mass is 10.6. The van der Waals surface area contributed by atoms with Crippen molar-refractivity contribution in [2.75, 3.05) is 0 Å². The smallest absolute Gasteiger partial charge is 0.291 e. The van der Waals surface area contributed by atoms with E-state index in [1.807, 2.05) is 0 Å². The zero-order chi connectivity index (χ0) is 5.33. The third kappa shape index (κ3) is 1.06. The first-order valence-corrected chi connectivity index (χ1v) is 3.51. The summed E-state index contributed by atoms with van der Waals surface area (Å²) in [5.41, 5.74) is 0. The van der Waals surface area contributed by atoms with E-state index in [9.17, 15) is 0 Å². The fraction of sp³-hybridized carbons (Fsp3) is 0. The molecule has 0 unspecified atom stereocenters. The summed E-state index contributed by atoms with van der Waals surface area (Å²) in [6.45, 7) is 0. The second-order valence-electron chi connectivity index (χ2n) is 1.30. The first-order valence-electron chi connectivity index (χ1n) is 1.84. The van der Waals surface area contributed by atoms with Gasteiger partial charge >= 0.3 is 1.43 Å². The van der Waals surface area contributed by atoms with E-state index in [0.717, 1.165) is 0 Å². The second-order valence-corrected chi connectivity index (χ2v) is 3.12. The van der Waals surface area contributed by atoms with Crippen molar-refractivity contribution in [3.63, 3.8) is 0 Å². The highest BCUT2D eigenvalue weighted by atomic mass is 32.3. The van der Waals surface area contributed by atoms with Crippen molar-refractivity contribution in [1.29, 1.82) is 0 Å². The van der Waals surface area contributed by atoms with Crippen LogP contribution in [-0.4, -0.2) is 9.11 Å². The number of allylic oxidation sites excluding steroid dienone is 2. The van der Waals surface area contributed by atoms with Gasteiger partial charge in [-0.05, 0) is 12.2 Å². The fourth-order valence-electron chi connectivity index (χ4n) is 0.367. The first-order chi connectivity index (χ1) is 3.21. The van der Waals surface area contributed by atoms with Crippen LogP contribution in [0.3, 0.4) is 0 Å². The minimum absolute atomic E-state index is 0. The molecule has 0 aromatic carbocycles. The van der Waals surface area contributed by atoms with Gasteiger partial charge < -0.3 is 0 Å². The van der Waals surface area contributed by atoms with Crippen molar-refractivity contribution < 1.29 is 10.5 Å². The van der Waals surface area contributed by atoms with Gasteiger partial charge in [0.1, 0.15) is 0 Å². The molecule has 0 aromatic heterocycles. The van der Waals surface area contributed by atoms with E-state index in [1.165, 1.54) is 10.8 Å². The van der Waals surface area contributed by atoms with Crippen LogP contribution in [0.5, 0.6) is 0 Å². The average molecular weight is 119 g/mol. The van der Waals surface area contributed by atoms with Gasteiger partial charge in [0.15, 0.2) is 0 Å². The number of rotatable bonds is 0. The fourth-order valence-corrected chi connectivity index (χ4v) is 1.10. The second kappa shape index (κ2) is 1.36. The normalized spacial score (nSPS) is 28.3.